The van der Waals surface area contributed by atoms with Crippen molar-refractivity contribution in [1.82, 2.24) is 15.2 Å². The summed E-state index contributed by atoms with van der Waals surface area (Å²) in [7, 11) is 5.12. The van der Waals surface area contributed by atoms with Gasteiger partial charge < -0.3 is 24.1 Å². The molecule has 1 N–H and O–H groups in total. The standard InChI is InChI=1S/C21H24N4O3S/c1-22-21(23-11-16-13-28-20(24-16)19-5-4-8-29-19)25-7-6-14-9-17(26-2)18(27-3)10-15(14)12-25/h4-5,8-10,13H,6-7,11-12H2,1-3H3,(H,22,23). The summed E-state index contributed by atoms with van der Waals surface area (Å²) in [6.07, 6.45) is 2.61. The maximum absolute atomic E-state index is 5.59. The highest BCUT2D eigenvalue weighted by atomic mass is 32.1. The zero-order chi connectivity index (χ0) is 20.2. The molecule has 0 fully saturated rings. The molecule has 29 heavy (non-hydrogen) atoms. The van der Waals surface area contributed by atoms with Crippen LogP contribution in [-0.4, -0.2) is 43.7 Å². The third-order valence-electron chi connectivity index (χ3n) is 4.94. The van der Waals surface area contributed by atoms with Gasteiger partial charge in [0, 0.05) is 20.1 Å². The summed E-state index contributed by atoms with van der Waals surface area (Å²) in [4.78, 5) is 12.3. The number of nitrogens with one attached hydrogen (secondary N) is 1. The van der Waals surface area contributed by atoms with Gasteiger partial charge in [0.25, 0.3) is 0 Å². The summed E-state index contributed by atoms with van der Waals surface area (Å²) >= 11 is 1.61. The lowest BCUT2D eigenvalue weighted by molar-refractivity contribution is 0.346. The van der Waals surface area contributed by atoms with Crippen LogP contribution in [0.5, 0.6) is 11.5 Å². The van der Waals surface area contributed by atoms with Gasteiger partial charge in [0.1, 0.15) is 6.26 Å². The van der Waals surface area contributed by atoms with Crippen molar-refractivity contribution in [3.05, 3.63) is 52.7 Å². The first-order valence-electron chi connectivity index (χ1n) is 9.39. The Morgan fingerprint density at radius 1 is 1.28 bits per heavy atom. The molecule has 0 saturated carbocycles. The number of ether oxygens (including phenoxy) is 2. The van der Waals surface area contributed by atoms with Crippen LogP contribution in [0.2, 0.25) is 0 Å². The van der Waals surface area contributed by atoms with Gasteiger partial charge in [-0.05, 0) is 41.1 Å². The molecule has 1 aliphatic heterocycles. The van der Waals surface area contributed by atoms with E-state index in [-0.39, 0.29) is 0 Å². The first-order chi connectivity index (χ1) is 14.2. The lowest BCUT2D eigenvalue weighted by Gasteiger charge is -2.32. The summed E-state index contributed by atoms with van der Waals surface area (Å²) in [5, 5.41) is 5.41. The first-order valence-corrected chi connectivity index (χ1v) is 10.3. The number of hydrogen-bond donors (Lipinski definition) is 1. The van der Waals surface area contributed by atoms with Gasteiger partial charge in [-0.2, -0.15) is 0 Å². The number of nitrogens with zero attached hydrogens (tertiary/aromatic N) is 3. The second kappa shape index (κ2) is 8.57. The molecule has 0 bridgehead atoms. The van der Waals surface area contributed by atoms with Crippen LogP contribution in [0.1, 0.15) is 16.8 Å². The molecular weight excluding hydrogens is 388 g/mol. The number of benzene rings is 1. The van der Waals surface area contributed by atoms with Crippen LogP contribution in [0, 0.1) is 0 Å². The third-order valence-corrected chi connectivity index (χ3v) is 5.80. The molecule has 4 rings (SSSR count). The molecule has 0 saturated heterocycles. The number of guanidine groups is 1. The zero-order valence-electron chi connectivity index (χ0n) is 16.8. The Balaban J connectivity index is 1.43. The predicted octanol–water partition coefficient (Wildman–Crippen LogP) is 3.55. The van der Waals surface area contributed by atoms with E-state index in [0.717, 1.165) is 47.5 Å². The van der Waals surface area contributed by atoms with Crippen LogP contribution >= 0.6 is 11.3 Å². The zero-order valence-corrected chi connectivity index (χ0v) is 17.6. The monoisotopic (exact) mass is 412 g/mol. The Labute approximate surface area is 174 Å². The van der Waals surface area contributed by atoms with Crippen LogP contribution in [0.25, 0.3) is 10.8 Å². The van der Waals surface area contributed by atoms with Crippen LogP contribution in [-0.2, 0) is 19.5 Å². The lowest BCUT2D eigenvalue weighted by Crippen LogP contribution is -2.43. The molecule has 1 aliphatic rings. The number of thiophene rings is 1. The highest BCUT2D eigenvalue weighted by Gasteiger charge is 2.22. The molecule has 0 radical (unpaired) electrons. The Morgan fingerprint density at radius 3 is 2.76 bits per heavy atom. The first kappa shape index (κ1) is 19.3. The van der Waals surface area contributed by atoms with E-state index in [1.165, 1.54) is 11.1 Å². The minimum atomic E-state index is 0.552. The molecular formula is C21H24N4O3S. The van der Waals surface area contributed by atoms with Crippen molar-refractivity contribution in [3.63, 3.8) is 0 Å². The Kier molecular flexibility index (Phi) is 5.71. The van der Waals surface area contributed by atoms with Crippen molar-refractivity contribution in [2.45, 2.75) is 19.5 Å². The van der Waals surface area contributed by atoms with E-state index in [2.05, 4.69) is 32.3 Å². The Hall–Kier alpha value is -3.00. The van der Waals surface area contributed by atoms with Crippen molar-refractivity contribution in [1.29, 1.82) is 0 Å². The summed E-state index contributed by atoms with van der Waals surface area (Å²) in [5.74, 6) is 3.01. The summed E-state index contributed by atoms with van der Waals surface area (Å²) in [5.41, 5.74) is 3.35. The predicted molar refractivity (Wildman–Crippen MR) is 114 cm³/mol. The Morgan fingerprint density at radius 2 is 2.07 bits per heavy atom. The van der Waals surface area contributed by atoms with Crippen LogP contribution in [0.15, 0.2) is 45.3 Å². The van der Waals surface area contributed by atoms with Gasteiger partial charge in [-0.15, -0.1) is 11.3 Å². The smallest absolute Gasteiger partial charge is 0.236 e. The van der Waals surface area contributed by atoms with Crippen molar-refractivity contribution in [2.75, 3.05) is 27.8 Å². The largest absolute Gasteiger partial charge is 0.493 e. The molecule has 1 aromatic carbocycles. The number of rotatable bonds is 5. The molecule has 2 aromatic heterocycles. The van der Waals surface area contributed by atoms with Gasteiger partial charge >= 0.3 is 0 Å². The molecule has 7 nitrogen and oxygen atoms in total. The fraction of sp³-hybridized carbons (Fsp3) is 0.333. The fourth-order valence-corrected chi connectivity index (χ4v) is 4.12. The van der Waals surface area contributed by atoms with Crippen molar-refractivity contribution >= 4 is 17.3 Å². The molecule has 152 valence electrons. The van der Waals surface area contributed by atoms with E-state index in [4.69, 9.17) is 13.9 Å². The van der Waals surface area contributed by atoms with Gasteiger partial charge in [0.2, 0.25) is 5.89 Å². The quantitative estimate of drug-likeness (QED) is 0.510. The SMILES string of the molecule is CN=C(NCc1coc(-c2cccs2)n1)N1CCc2cc(OC)c(OC)cc2C1. The summed E-state index contributed by atoms with van der Waals surface area (Å²) in [6, 6.07) is 8.12. The average molecular weight is 413 g/mol. The molecule has 0 spiro atoms. The van der Waals surface area contributed by atoms with E-state index in [1.54, 1.807) is 38.9 Å². The summed E-state index contributed by atoms with van der Waals surface area (Å²) < 4.78 is 16.5. The van der Waals surface area contributed by atoms with Crippen LogP contribution < -0.4 is 14.8 Å². The van der Waals surface area contributed by atoms with Crippen molar-refractivity contribution in [2.24, 2.45) is 4.99 Å². The highest BCUT2D eigenvalue weighted by Crippen LogP contribution is 2.33. The van der Waals surface area contributed by atoms with E-state index >= 15 is 0 Å². The number of aliphatic imine (C=N–C) groups is 1. The summed E-state index contributed by atoms with van der Waals surface area (Å²) in [6.45, 7) is 2.19. The van der Waals surface area contributed by atoms with Crippen LogP contribution in [0.4, 0.5) is 0 Å². The van der Waals surface area contributed by atoms with E-state index in [1.807, 2.05) is 17.5 Å². The minimum absolute atomic E-state index is 0.552. The molecule has 0 amide bonds. The lowest BCUT2D eigenvalue weighted by atomic mass is 9.99. The molecule has 0 unspecified atom stereocenters. The third kappa shape index (κ3) is 4.07. The average Bonchev–Trinajstić information content (AvgIpc) is 3.45. The second-order valence-electron chi connectivity index (χ2n) is 6.67. The van der Waals surface area contributed by atoms with Gasteiger partial charge in [0.05, 0.1) is 31.3 Å². The topological polar surface area (TPSA) is 72.1 Å². The Bertz CT molecular complexity index is 998. The van der Waals surface area contributed by atoms with Crippen molar-refractivity contribution < 1.29 is 13.9 Å². The molecule has 8 heteroatoms. The highest BCUT2D eigenvalue weighted by molar-refractivity contribution is 7.13. The normalized spacial score (nSPS) is 13.9. The maximum atomic E-state index is 5.59. The molecule has 0 aliphatic carbocycles. The number of aromatic nitrogens is 1. The molecule has 3 heterocycles. The second-order valence-corrected chi connectivity index (χ2v) is 7.62. The number of fused-ring (bicyclic) bond motifs is 1. The van der Waals surface area contributed by atoms with Crippen LogP contribution in [0.3, 0.4) is 0 Å². The van der Waals surface area contributed by atoms with E-state index in [9.17, 15) is 0 Å². The molecule has 3 aromatic rings. The number of oxazole rings is 1. The van der Waals surface area contributed by atoms with E-state index < -0.39 is 0 Å². The number of hydrogen-bond acceptors (Lipinski definition) is 6. The molecule has 0 atom stereocenters. The van der Waals surface area contributed by atoms with Gasteiger partial charge in [-0.1, -0.05) is 6.07 Å². The minimum Gasteiger partial charge on any atom is -0.493 e. The van der Waals surface area contributed by atoms with E-state index in [0.29, 0.717) is 12.4 Å². The van der Waals surface area contributed by atoms with Gasteiger partial charge in [-0.25, -0.2) is 4.98 Å². The van der Waals surface area contributed by atoms with Gasteiger partial charge in [-0.3, -0.25) is 4.99 Å². The fourth-order valence-electron chi connectivity index (χ4n) is 3.47. The maximum Gasteiger partial charge on any atom is 0.236 e. The number of methoxy groups -OCH3 is 2. The van der Waals surface area contributed by atoms with Gasteiger partial charge in [0.15, 0.2) is 17.5 Å². The van der Waals surface area contributed by atoms with Crippen molar-refractivity contribution in [3.8, 4) is 22.3 Å².